The fourth-order valence-corrected chi connectivity index (χ4v) is 2.69. The van der Waals surface area contributed by atoms with Crippen LogP contribution in [0.2, 0.25) is 0 Å². The van der Waals surface area contributed by atoms with Crippen molar-refractivity contribution in [1.29, 1.82) is 0 Å². The van der Waals surface area contributed by atoms with Gasteiger partial charge in [0.05, 0.1) is 16.8 Å². The average Bonchev–Trinajstić information content (AvgIpc) is 2.48. The van der Waals surface area contributed by atoms with Crippen molar-refractivity contribution in [1.82, 2.24) is 9.97 Å². The van der Waals surface area contributed by atoms with Gasteiger partial charge in [-0.05, 0) is 27.9 Å². The van der Waals surface area contributed by atoms with Gasteiger partial charge in [0, 0.05) is 19.7 Å². The van der Waals surface area contributed by atoms with Crippen molar-refractivity contribution in [3.05, 3.63) is 40.0 Å². The number of halogens is 1. The van der Waals surface area contributed by atoms with Gasteiger partial charge in [-0.15, -0.1) is 0 Å². The average molecular weight is 336 g/mol. The molecule has 106 valence electrons. The lowest BCUT2D eigenvalue weighted by Gasteiger charge is -2.12. The lowest BCUT2D eigenvalue weighted by molar-refractivity contribution is 0.185. The van der Waals surface area contributed by atoms with Crippen LogP contribution in [0, 0.1) is 0 Å². The number of hydrogen-bond acceptors (Lipinski definition) is 4. The lowest BCUT2D eigenvalue weighted by Crippen LogP contribution is -2.04. The molecular weight excluding hydrogens is 318 g/mol. The molecule has 4 nitrogen and oxygen atoms in total. The highest BCUT2D eigenvalue weighted by molar-refractivity contribution is 9.10. The molecule has 0 unspecified atom stereocenters. The fraction of sp³-hybridized carbons (Fsp3) is 0.333. The van der Waals surface area contributed by atoms with Crippen LogP contribution in [0.25, 0.3) is 11.4 Å². The number of ether oxygens (including phenoxy) is 1. The minimum Gasteiger partial charge on any atom is -0.380 e. The first kappa shape index (κ1) is 14.9. The zero-order valence-corrected chi connectivity index (χ0v) is 13.5. The first-order chi connectivity index (χ1) is 9.71. The molecule has 20 heavy (non-hydrogen) atoms. The molecule has 0 aliphatic heterocycles. The van der Waals surface area contributed by atoms with E-state index < -0.39 is 0 Å². The Morgan fingerprint density at radius 1 is 1.25 bits per heavy atom. The number of methoxy groups -OCH3 is 1. The third-order valence-corrected chi connectivity index (χ3v) is 3.88. The number of aromatic nitrogens is 2. The Morgan fingerprint density at radius 3 is 2.65 bits per heavy atom. The predicted molar refractivity (Wildman–Crippen MR) is 84.8 cm³/mol. The van der Waals surface area contributed by atoms with E-state index in [4.69, 9.17) is 4.74 Å². The third-order valence-electron chi connectivity index (χ3n) is 3.05. The lowest BCUT2D eigenvalue weighted by atomic mass is 10.1. The van der Waals surface area contributed by atoms with Crippen molar-refractivity contribution in [3.8, 4) is 11.4 Å². The standard InChI is InChI=1S/C15H18BrN3O/c1-4-12-13(16)15(17-2)19-14(18-12)11-8-6-5-7-10(11)9-20-3/h5-8H,4,9H2,1-3H3,(H,17,18,19). The number of nitrogens with one attached hydrogen (secondary N) is 1. The van der Waals surface area contributed by atoms with Crippen LogP contribution in [-0.4, -0.2) is 24.1 Å². The van der Waals surface area contributed by atoms with E-state index in [2.05, 4.69) is 38.1 Å². The van der Waals surface area contributed by atoms with Crippen LogP contribution in [-0.2, 0) is 17.8 Å². The third kappa shape index (κ3) is 2.99. The molecule has 2 rings (SSSR count). The van der Waals surface area contributed by atoms with Crippen molar-refractivity contribution in [2.45, 2.75) is 20.0 Å². The molecule has 0 amide bonds. The van der Waals surface area contributed by atoms with E-state index in [9.17, 15) is 0 Å². The quantitative estimate of drug-likeness (QED) is 0.905. The number of rotatable bonds is 5. The molecule has 0 aliphatic carbocycles. The first-order valence-corrected chi connectivity index (χ1v) is 7.31. The maximum absolute atomic E-state index is 5.25. The zero-order valence-electron chi connectivity index (χ0n) is 11.9. The molecule has 0 fully saturated rings. The minimum atomic E-state index is 0.548. The molecule has 0 radical (unpaired) electrons. The molecule has 5 heteroatoms. The Kier molecular flexibility index (Phi) is 5.09. The van der Waals surface area contributed by atoms with Gasteiger partial charge in [0.1, 0.15) is 5.82 Å². The summed E-state index contributed by atoms with van der Waals surface area (Å²) >= 11 is 3.55. The molecule has 0 atom stereocenters. The maximum atomic E-state index is 5.25. The molecule has 1 heterocycles. The SMILES string of the molecule is CCc1nc(-c2ccccc2COC)nc(NC)c1Br. The van der Waals surface area contributed by atoms with Gasteiger partial charge in [-0.1, -0.05) is 31.2 Å². The van der Waals surface area contributed by atoms with Crippen LogP contribution in [0.5, 0.6) is 0 Å². The maximum Gasteiger partial charge on any atom is 0.162 e. The number of anilines is 1. The van der Waals surface area contributed by atoms with Gasteiger partial charge in [-0.25, -0.2) is 9.97 Å². The summed E-state index contributed by atoms with van der Waals surface area (Å²) in [6, 6.07) is 8.05. The summed E-state index contributed by atoms with van der Waals surface area (Å²) in [5.74, 6) is 1.53. The van der Waals surface area contributed by atoms with Crippen LogP contribution in [0.15, 0.2) is 28.7 Å². The fourth-order valence-electron chi connectivity index (χ4n) is 2.03. The first-order valence-electron chi connectivity index (χ1n) is 6.52. The molecule has 1 N–H and O–H groups in total. The van der Waals surface area contributed by atoms with Gasteiger partial charge in [0.2, 0.25) is 0 Å². The molecule has 0 bridgehead atoms. The van der Waals surface area contributed by atoms with Gasteiger partial charge < -0.3 is 10.1 Å². The summed E-state index contributed by atoms with van der Waals surface area (Å²) in [7, 11) is 3.55. The van der Waals surface area contributed by atoms with Crippen LogP contribution < -0.4 is 5.32 Å². The molecule has 0 spiro atoms. The molecular formula is C15H18BrN3O. The van der Waals surface area contributed by atoms with E-state index in [-0.39, 0.29) is 0 Å². The van der Waals surface area contributed by atoms with Crippen molar-refractivity contribution in [2.24, 2.45) is 0 Å². The molecule has 1 aromatic heterocycles. The van der Waals surface area contributed by atoms with Crippen molar-refractivity contribution >= 4 is 21.7 Å². The summed E-state index contributed by atoms with van der Waals surface area (Å²) in [5.41, 5.74) is 3.08. The number of aryl methyl sites for hydroxylation is 1. The van der Waals surface area contributed by atoms with Crippen molar-refractivity contribution in [2.75, 3.05) is 19.5 Å². The molecule has 0 saturated carbocycles. The van der Waals surface area contributed by atoms with E-state index in [1.54, 1.807) is 7.11 Å². The number of benzene rings is 1. The van der Waals surface area contributed by atoms with Crippen LogP contribution in [0.4, 0.5) is 5.82 Å². The second-order valence-corrected chi connectivity index (χ2v) is 5.14. The van der Waals surface area contributed by atoms with Gasteiger partial charge >= 0.3 is 0 Å². The van der Waals surface area contributed by atoms with Gasteiger partial charge in [-0.2, -0.15) is 0 Å². The van der Waals surface area contributed by atoms with E-state index in [0.29, 0.717) is 6.61 Å². The van der Waals surface area contributed by atoms with Crippen LogP contribution >= 0.6 is 15.9 Å². The number of nitrogens with zero attached hydrogens (tertiary/aromatic N) is 2. The second-order valence-electron chi connectivity index (χ2n) is 4.35. The second kappa shape index (κ2) is 6.81. The Hall–Kier alpha value is -1.46. The Labute approximate surface area is 127 Å². The largest absolute Gasteiger partial charge is 0.380 e. The van der Waals surface area contributed by atoms with Gasteiger partial charge in [0.25, 0.3) is 0 Å². The normalized spacial score (nSPS) is 10.6. The Morgan fingerprint density at radius 2 is 2.00 bits per heavy atom. The highest BCUT2D eigenvalue weighted by atomic mass is 79.9. The number of hydrogen-bond donors (Lipinski definition) is 1. The molecule has 1 aromatic carbocycles. The molecule has 2 aromatic rings. The zero-order chi connectivity index (χ0) is 14.5. The van der Waals surface area contributed by atoms with E-state index >= 15 is 0 Å². The molecule has 0 saturated heterocycles. The van der Waals surface area contributed by atoms with Crippen molar-refractivity contribution < 1.29 is 4.74 Å². The highest BCUT2D eigenvalue weighted by Gasteiger charge is 2.13. The van der Waals surface area contributed by atoms with Gasteiger partial charge in [-0.3, -0.25) is 0 Å². The Bertz CT molecular complexity index is 576. The van der Waals surface area contributed by atoms with E-state index in [1.165, 1.54) is 0 Å². The highest BCUT2D eigenvalue weighted by Crippen LogP contribution is 2.29. The van der Waals surface area contributed by atoms with E-state index in [0.717, 1.165) is 39.4 Å². The smallest absolute Gasteiger partial charge is 0.162 e. The topological polar surface area (TPSA) is 47.0 Å². The van der Waals surface area contributed by atoms with Crippen molar-refractivity contribution in [3.63, 3.8) is 0 Å². The van der Waals surface area contributed by atoms with E-state index in [1.807, 2.05) is 31.3 Å². The van der Waals surface area contributed by atoms with Gasteiger partial charge in [0.15, 0.2) is 5.82 Å². The summed E-state index contributed by atoms with van der Waals surface area (Å²) in [4.78, 5) is 9.25. The molecule has 0 aliphatic rings. The Balaban J connectivity index is 2.58. The predicted octanol–water partition coefficient (Wildman–Crippen LogP) is 3.66. The minimum absolute atomic E-state index is 0.548. The summed E-state index contributed by atoms with van der Waals surface area (Å²) in [6.45, 7) is 2.63. The monoisotopic (exact) mass is 335 g/mol. The van der Waals surface area contributed by atoms with Crippen LogP contribution in [0.1, 0.15) is 18.2 Å². The van der Waals surface area contributed by atoms with Crippen LogP contribution in [0.3, 0.4) is 0 Å². The summed E-state index contributed by atoms with van der Waals surface area (Å²) < 4.78 is 6.17. The summed E-state index contributed by atoms with van der Waals surface area (Å²) in [6.07, 6.45) is 0.844. The summed E-state index contributed by atoms with van der Waals surface area (Å²) in [5, 5.41) is 3.10.